The minimum atomic E-state index is 0.745. The maximum Gasteiger partial charge on any atom is 0.194 e. The third-order valence-corrected chi connectivity index (χ3v) is 5.67. The fourth-order valence-corrected chi connectivity index (χ4v) is 4.07. The number of piperazine rings is 1. The Bertz CT molecular complexity index is 977. The van der Waals surface area contributed by atoms with Crippen LogP contribution in [0, 0.1) is 0 Å². The molecule has 3 aromatic rings. The Kier molecular flexibility index (Phi) is 6.54. The molecule has 6 nitrogen and oxygen atoms in total. The molecule has 0 radical (unpaired) electrons. The quantitative estimate of drug-likeness (QED) is 0.505. The molecule has 7 heteroatoms. The molecule has 0 bridgehead atoms. The number of halogens is 1. The SMILES string of the molecule is CN=C(NCc1cccc(Cn2ccnc2)c1)N1CCN(c2ccccc2Cl)CC1. The number of nitrogens with one attached hydrogen (secondary N) is 1. The van der Waals surface area contributed by atoms with Crippen molar-refractivity contribution in [1.29, 1.82) is 0 Å². The summed E-state index contributed by atoms with van der Waals surface area (Å²) in [5.74, 6) is 0.939. The number of anilines is 1. The lowest BCUT2D eigenvalue weighted by Gasteiger charge is -2.38. The van der Waals surface area contributed by atoms with E-state index in [2.05, 4.69) is 60.0 Å². The minimum Gasteiger partial charge on any atom is -0.367 e. The van der Waals surface area contributed by atoms with E-state index in [0.29, 0.717) is 0 Å². The third-order valence-electron chi connectivity index (χ3n) is 5.35. The minimum absolute atomic E-state index is 0.745. The summed E-state index contributed by atoms with van der Waals surface area (Å²) in [6, 6.07) is 16.7. The average Bonchev–Trinajstić information content (AvgIpc) is 3.28. The normalized spacial score (nSPS) is 14.8. The number of nitrogens with zero attached hydrogens (tertiary/aromatic N) is 5. The van der Waals surface area contributed by atoms with Crippen molar-refractivity contribution in [2.45, 2.75) is 13.1 Å². The highest BCUT2D eigenvalue weighted by Crippen LogP contribution is 2.26. The summed E-state index contributed by atoms with van der Waals surface area (Å²) in [6.45, 7) is 5.23. The van der Waals surface area contributed by atoms with Crippen molar-refractivity contribution in [3.63, 3.8) is 0 Å². The number of aliphatic imine (C=N–C) groups is 1. The van der Waals surface area contributed by atoms with E-state index < -0.39 is 0 Å². The van der Waals surface area contributed by atoms with Gasteiger partial charge in [-0.25, -0.2) is 4.98 Å². The molecule has 0 unspecified atom stereocenters. The number of benzene rings is 2. The zero-order valence-corrected chi connectivity index (χ0v) is 18.0. The van der Waals surface area contributed by atoms with E-state index in [9.17, 15) is 0 Å². The fraction of sp³-hybridized carbons (Fsp3) is 0.304. The van der Waals surface area contributed by atoms with Crippen LogP contribution in [-0.2, 0) is 13.1 Å². The predicted octanol–water partition coefficient (Wildman–Crippen LogP) is 3.48. The fourth-order valence-electron chi connectivity index (χ4n) is 3.81. The largest absolute Gasteiger partial charge is 0.367 e. The van der Waals surface area contributed by atoms with Crippen LogP contribution in [0.3, 0.4) is 0 Å². The first-order valence-corrected chi connectivity index (χ1v) is 10.6. The van der Waals surface area contributed by atoms with Crippen molar-refractivity contribution in [2.24, 2.45) is 4.99 Å². The molecule has 1 N–H and O–H groups in total. The van der Waals surface area contributed by atoms with Gasteiger partial charge < -0.3 is 19.7 Å². The molecule has 0 amide bonds. The molecule has 1 aromatic heterocycles. The zero-order chi connectivity index (χ0) is 20.8. The van der Waals surface area contributed by atoms with Crippen LogP contribution in [0.2, 0.25) is 5.02 Å². The maximum atomic E-state index is 6.36. The summed E-state index contributed by atoms with van der Waals surface area (Å²) in [5, 5.41) is 4.33. The molecule has 2 aromatic carbocycles. The van der Waals surface area contributed by atoms with Crippen LogP contribution in [0.25, 0.3) is 0 Å². The lowest BCUT2D eigenvalue weighted by molar-refractivity contribution is 0.372. The molecule has 2 heterocycles. The molecule has 156 valence electrons. The molecule has 0 aliphatic carbocycles. The summed E-state index contributed by atoms with van der Waals surface area (Å²) < 4.78 is 2.07. The van der Waals surface area contributed by atoms with Crippen molar-refractivity contribution in [2.75, 3.05) is 38.1 Å². The summed E-state index contributed by atoms with van der Waals surface area (Å²) in [7, 11) is 1.85. The number of guanidine groups is 1. The highest BCUT2D eigenvalue weighted by Gasteiger charge is 2.20. The van der Waals surface area contributed by atoms with Crippen molar-refractivity contribution in [3.8, 4) is 0 Å². The molecule has 30 heavy (non-hydrogen) atoms. The highest BCUT2D eigenvalue weighted by atomic mass is 35.5. The summed E-state index contributed by atoms with van der Waals surface area (Å²) in [5.41, 5.74) is 3.61. The number of hydrogen-bond donors (Lipinski definition) is 1. The monoisotopic (exact) mass is 422 g/mol. The van der Waals surface area contributed by atoms with Crippen molar-refractivity contribution in [3.05, 3.63) is 83.4 Å². The second kappa shape index (κ2) is 9.67. The number of para-hydroxylation sites is 1. The van der Waals surface area contributed by atoms with Crippen molar-refractivity contribution >= 4 is 23.2 Å². The van der Waals surface area contributed by atoms with Gasteiger partial charge in [0.1, 0.15) is 0 Å². The van der Waals surface area contributed by atoms with Gasteiger partial charge in [-0.15, -0.1) is 0 Å². The van der Waals surface area contributed by atoms with Gasteiger partial charge in [-0.1, -0.05) is 48.0 Å². The molecule has 0 spiro atoms. The van der Waals surface area contributed by atoms with Gasteiger partial charge in [-0.2, -0.15) is 0 Å². The van der Waals surface area contributed by atoms with E-state index in [0.717, 1.165) is 55.9 Å². The van der Waals surface area contributed by atoms with Gasteiger partial charge in [0.2, 0.25) is 0 Å². The first-order valence-electron chi connectivity index (χ1n) is 10.2. The second-order valence-electron chi connectivity index (χ2n) is 7.38. The summed E-state index contributed by atoms with van der Waals surface area (Å²) >= 11 is 6.36. The van der Waals surface area contributed by atoms with Crippen LogP contribution >= 0.6 is 11.6 Å². The standard InChI is InChI=1S/C23H27ClN6/c1-25-23(30-13-11-29(12-14-30)22-8-3-2-7-21(22)24)27-16-19-5-4-6-20(15-19)17-28-10-9-26-18-28/h2-10,15,18H,11-14,16-17H2,1H3,(H,25,27). The number of hydrogen-bond acceptors (Lipinski definition) is 3. The van der Waals surface area contributed by atoms with E-state index >= 15 is 0 Å². The number of rotatable bonds is 5. The van der Waals surface area contributed by atoms with Crippen LogP contribution < -0.4 is 10.2 Å². The van der Waals surface area contributed by atoms with Crippen molar-refractivity contribution < 1.29 is 0 Å². The van der Waals surface area contributed by atoms with Gasteiger partial charge in [0.25, 0.3) is 0 Å². The second-order valence-corrected chi connectivity index (χ2v) is 7.79. The topological polar surface area (TPSA) is 48.7 Å². The molecule has 1 saturated heterocycles. The highest BCUT2D eigenvalue weighted by molar-refractivity contribution is 6.33. The Morgan fingerprint density at radius 1 is 1.07 bits per heavy atom. The van der Waals surface area contributed by atoms with Gasteiger partial charge in [-0.3, -0.25) is 4.99 Å². The molecule has 4 rings (SSSR count). The van der Waals surface area contributed by atoms with Crippen LogP contribution in [0.4, 0.5) is 5.69 Å². The average molecular weight is 423 g/mol. The van der Waals surface area contributed by atoms with Gasteiger partial charge >= 0.3 is 0 Å². The third kappa shape index (κ3) is 4.94. The van der Waals surface area contributed by atoms with Crippen LogP contribution in [0.15, 0.2) is 72.2 Å². The van der Waals surface area contributed by atoms with E-state index in [1.807, 2.05) is 37.8 Å². The Morgan fingerprint density at radius 3 is 2.60 bits per heavy atom. The molecule has 1 aliphatic rings. The number of imidazole rings is 1. The van der Waals surface area contributed by atoms with Crippen LogP contribution in [0.1, 0.15) is 11.1 Å². The predicted molar refractivity (Wildman–Crippen MR) is 123 cm³/mol. The van der Waals surface area contributed by atoms with Gasteiger partial charge in [0, 0.05) is 58.7 Å². The van der Waals surface area contributed by atoms with E-state index in [-0.39, 0.29) is 0 Å². The van der Waals surface area contributed by atoms with Gasteiger partial charge in [-0.05, 0) is 23.3 Å². The summed E-state index contributed by atoms with van der Waals surface area (Å²) in [4.78, 5) is 13.3. The van der Waals surface area contributed by atoms with Crippen LogP contribution in [0.5, 0.6) is 0 Å². The number of aromatic nitrogens is 2. The Hall–Kier alpha value is -2.99. The lowest BCUT2D eigenvalue weighted by atomic mass is 10.1. The maximum absolute atomic E-state index is 6.36. The first kappa shape index (κ1) is 20.3. The Balaban J connectivity index is 1.32. The van der Waals surface area contributed by atoms with E-state index in [1.54, 1.807) is 6.20 Å². The molecule has 0 saturated carbocycles. The van der Waals surface area contributed by atoms with Crippen molar-refractivity contribution in [1.82, 2.24) is 19.8 Å². The summed E-state index contributed by atoms with van der Waals surface area (Å²) in [6.07, 6.45) is 5.63. The smallest absolute Gasteiger partial charge is 0.194 e. The Labute approximate surface area is 182 Å². The first-order chi connectivity index (χ1) is 14.7. The van der Waals surface area contributed by atoms with E-state index in [1.165, 1.54) is 11.1 Å². The van der Waals surface area contributed by atoms with Gasteiger partial charge in [0.15, 0.2) is 5.96 Å². The van der Waals surface area contributed by atoms with Crippen LogP contribution in [-0.4, -0.2) is 53.6 Å². The van der Waals surface area contributed by atoms with Gasteiger partial charge in [0.05, 0.1) is 17.0 Å². The molecular formula is C23H27ClN6. The molecule has 1 fully saturated rings. The lowest BCUT2D eigenvalue weighted by Crippen LogP contribution is -2.52. The molecular weight excluding hydrogens is 396 g/mol. The zero-order valence-electron chi connectivity index (χ0n) is 17.2. The Morgan fingerprint density at radius 2 is 1.87 bits per heavy atom. The molecule has 1 aliphatic heterocycles. The molecule has 0 atom stereocenters. The van der Waals surface area contributed by atoms with E-state index in [4.69, 9.17) is 11.6 Å².